The molecule has 0 spiro atoms. The number of carbonyl (C=O) groups is 1. The molecule has 1 heterocycles. The van der Waals surface area contributed by atoms with E-state index in [4.69, 9.17) is 4.74 Å². The van der Waals surface area contributed by atoms with Crippen LogP contribution >= 0.6 is 0 Å². The van der Waals surface area contributed by atoms with Crippen molar-refractivity contribution in [2.45, 2.75) is 32.5 Å². The Hall–Kier alpha value is -2.40. The molecule has 0 radical (unpaired) electrons. The van der Waals surface area contributed by atoms with Crippen molar-refractivity contribution in [2.24, 2.45) is 0 Å². The molecule has 0 aliphatic carbocycles. The minimum atomic E-state index is -0.642. The van der Waals surface area contributed by atoms with E-state index < -0.39 is 6.10 Å². The Balaban J connectivity index is 1.87. The number of carbonyl (C=O) groups excluding carboxylic acids is 1. The molecule has 23 heavy (non-hydrogen) atoms. The second-order valence-corrected chi connectivity index (χ2v) is 5.58. The summed E-state index contributed by atoms with van der Waals surface area (Å²) in [5.41, 5.74) is 1.30. The lowest BCUT2D eigenvalue weighted by Gasteiger charge is -2.13. The topological polar surface area (TPSA) is 71.5 Å². The highest BCUT2D eigenvalue weighted by molar-refractivity contribution is 5.92. The van der Waals surface area contributed by atoms with E-state index in [0.717, 1.165) is 5.56 Å². The average Bonchev–Trinajstić information content (AvgIpc) is 2.53. The van der Waals surface area contributed by atoms with E-state index in [2.05, 4.69) is 10.3 Å². The van der Waals surface area contributed by atoms with E-state index in [1.54, 1.807) is 18.2 Å². The number of aromatic nitrogens is 1. The van der Waals surface area contributed by atoms with Crippen LogP contribution in [0.15, 0.2) is 48.5 Å². The van der Waals surface area contributed by atoms with Crippen LogP contribution in [0.1, 0.15) is 29.9 Å². The van der Waals surface area contributed by atoms with E-state index in [1.807, 2.05) is 44.2 Å². The third kappa shape index (κ3) is 5.71. The summed E-state index contributed by atoms with van der Waals surface area (Å²) in [5, 5.41) is 12.7. The van der Waals surface area contributed by atoms with Crippen LogP contribution < -0.4 is 10.1 Å². The minimum absolute atomic E-state index is 0.00601. The average molecular weight is 314 g/mol. The van der Waals surface area contributed by atoms with Crippen LogP contribution in [-0.4, -0.2) is 34.8 Å². The number of benzene rings is 1. The number of hydrogen-bond donors (Lipinski definition) is 2. The standard InChI is InChI=1S/C18H22N2O3/c1-13(2)23-17-10-6-9-16(20-17)18(22)19-12-15(21)11-14-7-4-3-5-8-14/h3-10,13,15,21H,11-12H2,1-2H3,(H,19,22). The van der Waals surface area contributed by atoms with Crippen molar-refractivity contribution in [1.82, 2.24) is 10.3 Å². The Bertz CT molecular complexity index is 629. The van der Waals surface area contributed by atoms with Gasteiger partial charge < -0.3 is 15.2 Å². The molecule has 1 amide bonds. The van der Waals surface area contributed by atoms with Crippen LogP contribution in [0, 0.1) is 0 Å². The van der Waals surface area contributed by atoms with Gasteiger partial charge in [0.15, 0.2) is 0 Å². The van der Waals surface area contributed by atoms with Gasteiger partial charge in [0.05, 0.1) is 12.2 Å². The lowest BCUT2D eigenvalue weighted by Crippen LogP contribution is -2.33. The van der Waals surface area contributed by atoms with Crippen molar-refractivity contribution >= 4 is 5.91 Å². The van der Waals surface area contributed by atoms with Crippen LogP contribution in [0.25, 0.3) is 0 Å². The highest BCUT2D eigenvalue weighted by Crippen LogP contribution is 2.09. The highest BCUT2D eigenvalue weighted by Gasteiger charge is 2.12. The van der Waals surface area contributed by atoms with Crippen LogP contribution in [0.3, 0.4) is 0 Å². The fourth-order valence-electron chi connectivity index (χ4n) is 2.11. The van der Waals surface area contributed by atoms with Gasteiger partial charge in [0.2, 0.25) is 5.88 Å². The molecule has 2 N–H and O–H groups in total. The number of nitrogens with zero attached hydrogens (tertiary/aromatic N) is 1. The van der Waals surface area contributed by atoms with Crippen molar-refractivity contribution in [2.75, 3.05) is 6.54 Å². The summed E-state index contributed by atoms with van der Waals surface area (Å²) in [4.78, 5) is 16.3. The summed E-state index contributed by atoms with van der Waals surface area (Å²) < 4.78 is 5.47. The van der Waals surface area contributed by atoms with E-state index in [9.17, 15) is 9.90 Å². The predicted molar refractivity (Wildman–Crippen MR) is 88.5 cm³/mol. The molecular weight excluding hydrogens is 292 g/mol. The van der Waals surface area contributed by atoms with Crippen molar-refractivity contribution < 1.29 is 14.6 Å². The van der Waals surface area contributed by atoms with Gasteiger partial charge in [-0.1, -0.05) is 36.4 Å². The summed E-state index contributed by atoms with van der Waals surface area (Å²) >= 11 is 0. The van der Waals surface area contributed by atoms with Crippen LogP contribution in [0.5, 0.6) is 5.88 Å². The molecule has 1 unspecified atom stereocenters. The van der Waals surface area contributed by atoms with Gasteiger partial charge in [0, 0.05) is 19.0 Å². The summed E-state index contributed by atoms with van der Waals surface area (Å²) in [6.07, 6.45) is -0.157. The first-order chi connectivity index (χ1) is 11.0. The molecule has 2 aromatic rings. The molecule has 1 aromatic carbocycles. The summed E-state index contributed by atoms with van der Waals surface area (Å²) in [5.74, 6) is 0.0869. The number of nitrogens with one attached hydrogen (secondary N) is 1. The first-order valence-electron chi connectivity index (χ1n) is 7.68. The summed E-state index contributed by atoms with van der Waals surface area (Å²) in [6, 6.07) is 14.7. The van der Waals surface area contributed by atoms with Gasteiger partial charge in [-0.25, -0.2) is 4.98 Å². The quantitative estimate of drug-likeness (QED) is 0.822. The van der Waals surface area contributed by atoms with Crippen LogP contribution in [0.4, 0.5) is 0 Å². The molecule has 5 nitrogen and oxygen atoms in total. The number of rotatable bonds is 7. The zero-order valence-corrected chi connectivity index (χ0v) is 13.4. The third-order valence-corrected chi connectivity index (χ3v) is 3.13. The number of aliphatic hydroxyl groups is 1. The zero-order chi connectivity index (χ0) is 16.7. The number of ether oxygens (including phenoxy) is 1. The Labute approximate surface area is 136 Å². The van der Waals surface area contributed by atoms with Gasteiger partial charge in [0.25, 0.3) is 5.91 Å². The highest BCUT2D eigenvalue weighted by atomic mass is 16.5. The first-order valence-corrected chi connectivity index (χ1v) is 7.68. The fraction of sp³-hybridized carbons (Fsp3) is 0.333. The van der Waals surface area contributed by atoms with Crippen molar-refractivity contribution in [3.05, 3.63) is 59.8 Å². The maximum absolute atomic E-state index is 12.1. The van der Waals surface area contributed by atoms with E-state index >= 15 is 0 Å². The Morgan fingerprint density at radius 3 is 2.61 bits per heavy atom. The Morgan fingerprint density at radius 2 is 1.91 bits per heavy atom. The lowest BCUT2D eigenvalue weighted by atomic mass is 10.1. The molecule has 0 fully saturated rings. The van der Waals surface area contributed by atoms with Gasteiger partial charge in [-0.15, -0.1) is 0 Å². The zero-order valence-electron chi connectivity index (χ0n) is 13.4. The number of aliphatic hydroxyl groups excluding tert-OH is 1. The molecule has 2 rings (SSSR count). The third-order valence-electron chi connectivity index (χ3n) is 3.13. The van der Waals surface area contributed by atoms with Crippen LogP contribution in [-0.2, 0) is 6.42 Å². The maximum Gasteiger partial charge on any atom is 0.270 e. The van der Waals surface area contributed by atoms with E-state index in [0.29, 0.717) is 12.3 Å². The summed E-state index contributed by atoms with van der Waals surface area (Å²) in [7, 11) is 0. The van der Waals surface area contributed by atoms with Gasteiger partial charge in [-0.05, 0) is 25.5 Å². The molecule has 1 atom stereocenters. The van der Waals surface area contributed by atoms with Crippen molar-refractivity contribution in [1.29, 1.82) is 0 Å². The van der Waals surface area contributed by atoms with E-state index in [1.165, 1.54) is 0 Å². The van der Waals surface area contributed by atoms with Gasteiger partial charge in [0.1, 0.15) is 5.69 Å². The molecule has 0 saturated heterocycles. The lowest BCUT2D eigenvalue weighted by molar-refractivity contribution is 0.0909. The maximum atomic E-state index is 12.1. The molecule has 1 aromatic heterocycles. The smallest absolute Gasteiger partial charge is 0.270 e. The second-order valence-electron chi connectivity index (χ2n) is 5.58. The first kappa shape index (κ1) is 17.0. The normalized spacial score (nSPS) is 12.0. The number of amides is 1. The Morgan fingerprint density at radius 1 is 1.17 bits per heavy atom. The Kier molecular flexibility index (Phi) is 6.11. The molecule has 0 saturated carbocycles. The van der Waals surface area contributed by atoms with Crippen molar-refractivity contribution in [3.8, 4) is 5.88 Å². The van der Waals surface area contributed by atoms with Crippen molar-refractivity contribution in [3.63, 3.8) is 0 Å². The van der Waals surface area contributed by atoms with Crippen LogP contribution in [0.2, 0.25) is 0 Å². The molecule has 0 aliphatic rings. The monoisotopic (exact) mass is 314 g/mol. The molecule has 0 bridgehead atoms. The van der Waals surface area contributed by atoms with Gasteiger partial charge in [-0.3, -0.25) is 4.79 Å². The van der Waals surface area contributed by atoms with Gasteiger partial charge in [-0.2, -0.15) is 0 Å². The molecule has 0 aliphatic heterocycles. The second kappa shape index (κ2) is 8.29. The van der Waals surface area contributed by atoms with E-state index in [-0.39, 0.29) is 24.2 Å². The minimum Gasteiger partial charge on any atom is -0.475 e. The predicted octanol–water partition coefficient (Wildman–Crippen LogP) is 2.20. The summed E-state index contributed by atoms with van der Waals surface area (Å²) in [6.45, 7) is 3.97. The number of pyridine rings is 1. The fourth-order valence-corrected chi connectivity index (χ4v) is 2.11. The molecular formula is C18H22N2O3. The SMILES string of the molecule is CC(C)Oc1cccc(C(=O)NCC(O)Cc2ccccc2)n1. The molecule has 5 heteroatoms. The molecule has 122 valence electrons. The largest absolute Gasteiger partial charge is 0.475 e. The van der Waals surface area contributed by atoms with Gasteiger partial charge >= 0.3 is 0 Å². The number of hydrogen-bond acceptors (Lipinski definition) is 4.